The molecule has 0 aliphatic carbocycles. The minimum absolute atomic E-state index is 0.125. The van der Waals surface area contributed by atoms with Gasteiger partial charge in [0, 0.05) is 5.69 Å². The maximum absolute atomic E-state index is 12.3. The monoisotopic (exact) mass is 421 g/mol. The number of hydrogen-bond acceptors (Lipinski definition) is 7. The van der Waals surface area contributed by atoms with Crippen molar-refractivity contribution in [2.45, 2.75) is 5.03 Å². The van der Waals surface area contributed by atoms with E-state index in [2.05, 4.69) is 20.4 Å². The van der Waals surface area contributed by atoms with Crippen molar-refractivity contribution in [2.75, 3.05) is 25.3 Å². The molecule has 0 saturated carbocycles. The number of fused-ring (bicyclic) bond motifs is 1. The summed E-state index contributed by atoms with van der Waals surface area (Å²) in [6, 6.07) is 14.7. The largest absolute Gasteiger partial charge is 0.497 e. The molecule has 4 rings (SSSR count). The zero-order chi connectivity index (χ0) is 20.9. The Morgan fingerprint density at radius 2 is 1.67 bits per heavy atom. The van der Waals surface area contributed by atoms with Gasteiger partial charge in [0.2, 0.25) is 5.91 Å². The summed E-state index contributed by atoms with van der Waals surface area (Å²) in [6.45, 7) is 0. The van der Waals surface area contributed by atoms with Gasteiger partial charge in [0.25, 0.3) is 0 Å². The van der Waals surface area contributed by atoms with Crippen LogP contribution >= 0.6 is 11.8 Å². The van der Waals surface area contributed by atoms with Crippen molar-refractivity contribution in [3.05, 3.63) is 61.1 Å². The van der Waals surface area contributed by atoms with Crippen molar-refractivity contribution in [2.24, 2.45) is 0 Å². The van der Waals surface area contributed by atoms with Crippen LogP contribution in [0.5, 0.6) is 11.5 Å². The maximum Gasteiger partial charge on any atom is 0.234 e. The standard InChI is InChI=1S/C21H19N5O3S/c1-28-16-7-3-14(4-8-16)25-19(27)12-30-21-18-11-24-26(20(18)22-13-23-21)15-5-9-17(29-2)10-6-15/h3-11,13H,12H2,1-2H3,(H,25,27). The second-order valence-electron chi connectivity index (χ2n) is 6.24. The van der Waals surface area contributed by atoms with Crippen LogP contribution in [0.25, 0.3) is 16.7 Å². The van der Waals surface area contributed by atoms with E-state index in [-0.39, 0.29) is 11.7 Å². The SMILES string of the molecule is COc1ccc(NC(=O)CSc2ncnc3c2cnn3-c2ccc(OC)cc2)cc1. The summed E-state index contributed by atoms with van der Waals surface area (Å²) in [5.41, 5.74) is 2.24. The van der Waals surface area contributed by atoms with Crippen LogP contribution in [0.2, 0.25) is 0 Å². The summed E-state index contributed by atoms with van der Waals surface area (Å²) in [5, 5.41) is 8.79. The highest BCUT2D eigenvalue weighted by Crippen LogP contribution is 2.26. The molecule has 30 heavy (non-hydrogen) atoms. The molecule has 2 heterocycles. The van der Waals surface area contributed by atoms with Gasteiger partial charge in [-0.05, 0) is 48.5 Å². The Morgan fingerprint density at radius 3 is 2.33 bits per heavy atom. The number of methoxy groups -OCH3 is 2. The highest BCUT2D eigenvalue weighted by Gasteiger charge is 2.13. The molecule has 0 saturated heterocycles. The Bertz CT molecular complexity index is 1160. The van der Waals surface area contributed by atoms with Crippen LogP contribution in [-0.4, -0.2) is 45.6 Å². The third kappa shape index (κ3) is 4.20. The molecule has 0 fully saturated rings. The Hall–Kier alpha value is -3.59. The van der Waals surface area contributed by atoms with Crippen LogP contribution in [0, 0.1) is 0 Å². The van der Waals surface area contributed by atoms with E-state index in [1.54, 1.807) is 49.4 Å². The number of hydrogen-bond donors (Lipinski definition) is 1. The number of rotatable bonds is 7. The fraction of sp³-hybridized carbons (Fsp3) is 0.143. The number of thioether (sulfide) groups is 1. The van der Waals surface area contributed by atoms with E-state index in [4.69, 9.17) is 9.47 Å². The van der Waals surface area contributed by atoms with E-state index >= 15 is 0 Å². The smallest absolute Gasteiger partial charge is 0.234 e. The number of carbonyl (C=O) groups is 1. The normalized spacial score (nSPS) is 10.7. The lowest BCUT2D eigenvalue weighted by molar-refractivity contribution is -0.113. The first-order valence-corrected chi connectivity index (χ1v) is 10.1. The lowest BCUT2D eigenvalue weighted by Gasteiger charge is -2.07. The molecule has 0 aliphatic rings. The van der Waals surface area contributed by atoms with Crippen LogP contribution in [-0.2, 0) is 4.79 Å². The first-order valence-electron chi connectivity index (χ1n) is 9.08. The van der Waals surface area contributed by atoms with E-state index in [0.717, 1.165) is 22.6 Å². The van der Waals surface area contributed by atoms with Crippen molar-refractivity contribution in [3.8, 4) is 17.2 Å². The van der Waals surface area contributed by atoms with Gasteiger partial charge in [-0.2, -0.15) is 5.10 Å². The number of benzene rings is 2. The fourth-order valence-electron chi connectivity index (χ4n) is 2.86. The summed E-state index contributed by atoms with van der Waals surface area (Å²) < 4.78 is 12.1. The average Bonchev–Trinajstić information content (AvgIpc) is 3.23. The first kappa shape index (κ1) is 19.7. The minimum Gasteiger partial charge on any atom is -0.497 e. The highest BCUT2D eigenvalue weighted by atomic mass is 32.2. The second-order valence-corrected chi connectivity index (χ2v) is 7.20. The van der Waals surface area contributed by atoms with Gasteiger partial charge in [-0.1, -0.05) is 11.8 Å². The molecule has 0 bridgehead atoms. The molecule has 2 aromatic carbocycles. The number of nitrogens with one attached hydrogen (secondary N) is 1. The van der Waals surface area contributed by atoms with Gasteiger partial charge in [-0.15, -0.1) is 0 Å². The summed E-state index contributed by atoms with van der Waals surface area (Å²) >= 11 is 1.34. The van der Waals surface area contributed by atoms with Crippen molar-refractivity contribution in [1.29, 1.82) is 0 Å². The van der Waals surface area contributed by atoms with Gasteiger partial charge in [-0.3, -0.25) is 4.79 Å². The van der Waals surface area contributed by atoms with Crippen molar-refractivity contribution < 1.29 is 14.3 Å². The fourth-order valence-corrected chi connectivity index (χ4v) is 3.62. The van der Waals surface area contributed by atoms with Crippen molar-refractivity contribution in [3.63, 3.8) is 0 Å². The van der Waals surface area contributed by atoms with E-state index < -0.39 is 0 Å². The molecule has 1 N–H and O–H groups in total. The van der Waals surface area contributed by atoms with Gasteiger partial charge in [0.15, 0.2) is 5.65 Å². The van der Waals surface area contributed by atoms with E-state index in [0.29, 0.717) is 16.4 Å². The lowest BCUT2D eigenvalue weighted by Crippen LogP contribution is -2.14. The second kappa shape index (κ2) is 8.83. The zero-order valence-electron chi connectivity index (χ0n) is 16.4. The third-order valence-corrected chi connectivity index (χ3v) is 5.37. The van der Waals surface area contributed by atoms with Crippen LogP contribution in [0.3, 0.4) is 0 Å². The molecule has 8 nitrogen and oxygen atoms in total. The van der Waals surface area contributed by atoms with Crippen molar-refractivity contribution in [1.82, 2.24) is 19.7 Å². The average molecular weight is 421 g/mol. The Labute approximate surface area is 177 Å². The first-order chi connectivity index (χ1) is 14.7. The molecule has 0 aliphatic heterocycles. The third-order valence-electron chi connectivity index (χ3n) is 4.36. The van der Waals surface area contributed by atoms with Crippen LogP contribution in [0.4, 0.5) is 5.69 Å². The molecule has 9 heteroatoms. The van der Waals surface area contributed by atoms with Crippen LogP contribution in [0.15, 0.2) is 66.1 Å². The molecule has 4 aromatic rings. The molecule has 2 aromatic heterocycles. The van der Waals surface area contributed by atoms with Gasteiger partial charge >= 0.3 is 0 Å². The van der Waals surface area contributed by atoms with Gasteiger partial charge < -0.3 is 14.8 Å². The number of carbonyl (C=O) groups excluding carboxylic acids is 1. The van der Waals surface area contributed by atoms with Gasteiger partial charge in [0.1, 0.15) is 22.9 Å². The highest BCUT2D eigenvalue weighted by molar-refractivity contribution is 8.00. The van der Waals surface area contributed by atoms with E-state index in [1.807, 2.05) is 24.3 Å². The number of amides is 1. The predicted octanol–water partition coefficient (Wildman–Crippen LogP) is 3.56. The molecular formula is C21H19N5O3S. The molecule has 0 spiro atoms. The molecule has 1 amide bonds. The summed E-state index contributed by atoms with van der Waals surface area (Å²) in [4.78, 5) is 21.0. The molecule has 0 atom stereocenters. The molecule has 152 valence electrons. The van der Waals surface area contributed by atoms with Gasteiger partial charge in [0.05, 0.1) is 37.2 Å². The quantitative estimate of drug-likeness (QED) is 0.360. The zero-order valence-corrected chi connectivity index (χ0v) is 17.2. The topological polar surface area (TPSA) is 91.2 Å². The number of anilines is 1. The lowest BCUT2D eigenvalue weighted by atomic mass is 10.3. The summed E-state index contributed by atoms with van der Waals surface area (Å²) in [7, 11) is 3.23. The minimum atomic E-state index is -0.125. The number of aromatic nitrogens is 4. The summed E-state index contributed by atoms with van der Waals surface area (Å²) in [5.74, 6) is 1.59. The predicted molar refractivity (Wildman–Crippen MR) is 116 cm³/mol. The van der Waals surface area contributed by atoms with Gasteiger partial charge in [-0.25, -0.2) is 14.6 Å². The summed E-state index contributed by atoms with van der Waals surface area (Å²) in [6.07, 6.45) is 3.19. The molecule has 0 radical (unpaired) electrons. The van der Waals surface area contributed by atoms with Crippen molar-refractivity contribution >= 4 is 34.4 Å². The molecular weight excluding hydrogens is 402 g/mol. The van der Waals surface area contributed by atoms with Crippen LogP contribution < -0.4 is 14.8 Å². The molecule has 0 unspecified atom stereocenters. The van der Waals surface area contributed by atoms with E-state index in [9.17, 15) is 4.79 Å². The number of nitrogens with zero attached hydrogens (tertiary/aromatic N) is 4. The van der Waals surface area contributed by atoms with E-state index in [1.165, 1.54) is 18.1 Å². The number of ether oxygens (including phenoxy) is 2. The Balaban J connectivity index is 1.47. The Kier molecular flexibility index (Phi) is 5.80. The van der Waals surface area contributed by atoms with Crippen LogP contribution in [0.1, 0.15) is 0 Å². The Morgan fingerprint density at radius 1 is 1.00 bits per heavy atom. The maximum atomic E-state index is 12.3.